The fourth-order valence-corrected chi connectivity index (χ4v) is 2.66. The Morgan fingerprint density at radius 2 is 2.14 bits per heavy atom. The van der Waals surface area contributed by atoms with Gasteiger partial charge in [-0.2, -0.15) is 0 Å². The molecule has 0 aliphatic rings. The molecule has 0 bridgehead atoms. The molecule has 2 N–H and O–H groups in total. The SMILES string of the molecule is CCc1c(C)nc(SCC(=O)Nc2ccccc2F)[nH]c1=O. The van der Waals surface area contributed by atoms with Crippen LogP contribution in [0, 0.1) is 12.7 Å². The number of nitrogens with zero attached hydrogens (tertiary/aromatic N) is 1. The fraction of sp³-hybridized carbons (Fsp3) is 0.267. The first-order chi connectivity index (χ1) is 10.5. The molecule has 22 heavy (non-hydrogen) atoms. The average molecular weight is 321 g/mol. The van der Waals surface area contributed by atoms with E-state index in [0.717, 1.165) is 11.8 Å². The first-order valence-electron chi connectivity index (χ1n) is 6.78. The van der Waals surface area contributed by atoms with Crippen LogP contribution in [0.15, 0.2) is 34.2 Å². The molecule has 1 heterocycles. The first-order valence-corrected chi connectivity index (χ1v) is 7.76. The van der Waals surface area contributed by atoms with E-state index in [2.05, 4.69) is 15.3 Å². The summed E-state index contributed by atoms with van der Waals surface area (Å²) in [7, 11) is 0. The molecule has 7 heteroatoms. The zero-order chi connectivity index (χ0) is 16.1. The number of anilines is 1. The van der Waals surface area contributed by atoms with Gasteiger partial charge in [-0.1, -0.05) is 30.8 Å². The van der Waals surface area contributed by atoms with Crippen molar-refractivity contribution in [3.63, 3.8) is 0 Å². The number of carbonyl (C=O) groups is 1. The lowest BCUT2D eigenvalue weighted by Crippen LogP contribution is -2.18. The maximum Gasteiger partial charge on any atom is 0.254 e. The number of H-pyrrole nitrogens is 1. The van der Waals surface area contributed by atoms with Crippen molar-refractivity contribution in [2.45, 2.75) is 25.4 Å². The van der Waals surface area contributed by atoms with Crippen LogP contribution in [0.5, 0.6) is 0 Å². The number of aromatic amines is 1. The zero-order valence-electron chi connectivity index (χ0n) is 12.3. The Bertz CT molecular complexity index is 746. The molecular formula is C15H16FN3O2S. The average Bonchev–Trinajstić information content (AvgIpc) is 2.47. The van der Waals surface area contributed by atoms with Gasteiger partial charge in [0.2, 0.25) is 5.91 Å². The van der Waals surface area contributed by atoms with Crippen LogP contribution in [0.3, 0.4) is 0 Å². The van der Waals surface area contributed by atoms with Crippen LogP contribution in [-0.2, 0) is 11.2 Å². The van der Waals surface area contributed by atoms with E-state index in [1.165, 1.54) is 12.1 Å². The van der Waals surface area contributed by atoms with E-state index in [0.29, 0.717) is 22.8 Å². The number of amides is 1. The molecule has 0 radical (unpaired) electrons. The van der Waals surface area contributed by atoms with Gasteiger partial charge in [-0.15, -0.1) is 0 Å². The minimum Gasteiger partial charge on any atom is -0.323 e. The molecule has 0 atom stereocenters. The van der Waals surface area contributed by atoms with Crippen molar-refractivity contribution in [3.8, 4) is 0 Å². The topological polar surface area (TPSA) is 74.8 Å². The minimum atomic E-state index is -0.490. The van der Waals surface area contributed by atoms with Gasteiger partial charge in [0, 0.05) is 11.3 Å². The lowest BCUT2D eigenvalue weighted by atomic mass is 10.2. The fourth-order valence-electron chi connectivity index (χ4n) is 1.95. The van der Waals surface area contributed by atoms with Crippen LogP contribution >= 0.6 is 11.8 Å². The molecule has 1 aromatic carbocycles. The summed E-state index contributed by atoms with van der Waals surface area (Å²) in [6, 6.07) is 5.94. The van der Waals surface area contributed by atoms with E-state index >= 15 is 0 Å². The molecule has 0 fully saturated rings. The molecule has 1 amide bonds. The quantitative estimate of drug-likeness (QED) is 0.655. The van der Waals surface area contributed by atoms with E-state index < -0.39 is 5.82 Å². The number of para-hydroxylation sites is 1. The molecule has 116 valence electrons. The molecule has 2 aromatic rings. The number of rotatable bonds is 5. The summed E-state index contributed by atoms with van der Waals surface area (Å²) >= 11 is 1.10. The predicted molar refractivity (Wildman–Crippen MR) is 84.7 cm³/mol. The molecule has 0 aliphatic carbocycles. The van der Waals surface area contributed by atoms with Crippen LogP contribution in [0.1, 0.15) is 18.2 Å². The van der Waals surface area contributed by atoms with E-state index in [9.17, 15) is 14.0 Å². The molecule has 5 nitrogen and oxygen atoms in total. The van der Waals surface area contributed by atoms with Gasteiger partial charge in [-0.3, -0.25) is 9.59 Å². The maximum atomic E-state index is 13.4. The second-order valence-corrected chi connectivity index (χ2v) is 5.57. The number of hydrogen-bond donors (Lipinski definition) is 2. The Morgan fingerprint density at radius 3 is 2.77 bits per heavy atom. The van der Waals surface area contributed by atoms with Crippen molar-refractivity contribution in [1.82, 2.24) is 9.97 Å². The summed E-state index contributed by atoms with van der Waals surface area (Å²) in [5, 5.41) is 2.86. The van der Waals surface area contributed by atoms with Gasteiger partial charge in [0.05, 0.1) is 11.4 Å². The van der Waals surface area contributed by atoms with Crippen molar-refractivity contribution in [2.24, 2.45) is 0 Å². The minimum absolute atomic E-state index is 0.0299. The summed E-state index contributed by atoms with van der Waals surface area (Å²) in [5.74, 6) is -0.826. The monoisotopic (exact) mass is 321 g/mol. The Morgan fingerprint density at radius 1 is 1.41 bits per heavy atom. The highest BCUT2D eigenvalue weighted by atomic mass is 32.2. The first kappa shape index (κ1) is 16.2. The summed E-state index contributed by atoms with van der Waals surface area (Å²) in [4.78, 5) is 30.5. The van der Waals surface area contributed by atoms with Gasteiger partial charge in [-0.25, -0.2) is 9.37 Å². The highest BCUT2D eigenvalue weighted by Gasteiger charge is 2.10. The number of nitrogens with one attached hydrogen (secondary N) is 2. The molecule has 2 rings (SSSR count). The molecule has 0 aliphatic heterocycles. The molecule has 0 saturated carbocycles. The van der Waals surface area contributed by atoms with Crippen molar-refractivity contribution in [1.29, 1.82) is 0 Å². The van der Waals surface area contributed by atoms with Gasteiger partial charge in [0.25, 0.3) is 5.56 Å². The van der Waals surface area contributed by atoms with Gasteiger partial charge in [-0.05, 0) is 25.5 Å². The number of aromatic nitrogens is 2. The van der Waals surface area contributed by atoms with Gasteiger partial charge in [0.1, 0.15) is 5.82 Å². The summed E-state index contributed by atoms with van der Waals surface area (Å²) in [6.07, 6.45) is 0.604. The largest absolute Gasteiger partial charge is 0.323 e. The molecule has 0 unspecified atom stereocenters. The Hall–Kier alpha value is -2.15. The number of hydrogen-bond acceptors (Lipinski definition) is 4. The van der Waals surface area contributed by atoms with Crippen LogP contribution < -0.4 is 10.9 Å². The Kier molecular flexibility index (Phi) is 5.32. The number of thioether (sulfide) groups is 1. The molecule has 0 spiro atoms. The van der Waals surface area contributed by atoms with Crippen molar-refractivity contribution in [3.05, 3.63) is 51.7 Å². The van der Waals surface area contributed by atoms with Crippen molar-refractivity contribution in [2.75, 3.05) is 11.1 Å². The molecular weight excluding hydrogens is 305 g/mol. The van der Waals surface area contributed by atoms with E-state index in [-0.39, 0.29) is 22.9 Å². The number of carbonyl (C=O) groups excluding carboxylic acids is 1. The Balaban J connectivity index is 2.00. The summed E-state index contributed by atoms with van der Waals surface area (Å²) in [6.45, 7) is 3.64. The third kappa shape index (κ3) is 3.94. The maximum absolute atomic E-state index is 13.4. The van der Waals surface area contributed by atoms with E-state index in [1.54, 1.807) is 19.1 Å². The third-order valence-electron chi connectivity index (χ3n) is 3.04. The highest BCUT2D eigenvalue weighted by molar-refractivity contribution is 7.99. The van der Waals surface area contributed by atoms with Gasteiger partial charge in [0.15, 0.2) is 5.16 Å². The second-order valence-electron chi connectivity index (χ2n) is 4.61. The van der Waals surface area contributed by atoms with Gasteiger partial charge < -0.3 is 10.3 Å². The van der Waals surface area contributed by atoms with E-state index in [1.807, 2.05) is 6.92 Å². The second kappa shape index (κ2) is 7.22. The van der Waals surface area contributed by atoms with E-state index in [4.69, 9.17) is 0 Å². The standard InChI is InChI=1S/C15H16FN3O2S/c1-3-10-9(2)17-15(19-14(10)21)22-8-13(20)18-12-7-5-4-6-11(12)16/h4-7H,3,8H2,1-2H3,(H,18,20)(H,17,19,21). The van der Waals surface area contributed by atoms with Crippen molar-refractivity contribution >= 4 is 23.4 Å². The zero-order valence-corrected chi connectivity index (χ0v) is 13.1. The smallest absolute Gasteiger partial charge is 0.254 e. The Labute approximate surface area is 131 Å². The molecule has 0 saturated heterocycles. The number of aryl methyl sites for hydroxylation is 1. The summed E-state index contributed by atoms with van der Waals surface area (Å²) in [5.41, 5.74) is 1.24. The van der Waals surface area contributed by atoms with Crippen LogP contribution in [0.2, 0.25) is 0 Å². The lowest BCUT2D eigenvalue weighted by Gasteiger charge is -2.07. The number of halogens is 1. The lowest BCUT2D eigenvalue weighted by molar-refractivity contribution is -0.113. The van der Waals surface area contributed by atoms with Crippen LogP contribution in [0.25, 0.3) is 0 Å². The van der Waals surface area contributed by atoms with Crippen LogP contribution in [-0.4, -0.2) is 21.6 Å². The van der Waals surface area contributed by atoms with Gasteiger partial charge >= 0.3 is 0 Å². The highest BCUT2D eigenvalue weighted by Crippen LogP contribution is 2.16. The molecule has 1 aromatic heterocycles. The number of benzene rings is 1. The normalized spacial score (nSPS) is 10.5. The predicted octanol–water partition coefficient (Wildman–Crippen LogP) is 2.51. The van der Waals surface area contributed by atoms with Crippen LogP contribution in [0.4, 0.5) is 10.1 Å². The summed E-state index contributed by atoms with van der Waals surface area (Å²) < 4.78 is 13.4. The third-order valence-corrected chi connectivity index (χ3v) is 3.92. The van der Waals surface area contributed by atoms with Crippen molar-refractivity contribution < 1.29 is 9.18 Å².